The molecule has 0 aliphatic rings. The van der Waals surface area contributed by atoms with Gasteiger partial charge in [0.05, 0.1) is 17.6 Å². The van der Waals surface area contributed by atoms with Gasteiger partial charge in [-0.2, -0.15) is 5.26 Å². The Hall–Kier alpha value is -2.28. The van der Waals surface area contributed by atoms with Crippen molar-refractivity contribution in [1.82, 2.24) is 9.97 Å². The van der Waals surface area contributed by atoms with Crippen LogP contribution < -0.4 is 0 Å². The zero-order valence-corrected chi connectivity index (χ0v) is 7.94. The number of imidazole rings is 1. The van der Waals surface area contributed by atoms with E-state index in [0.29, 0.717) is 17.5 Å². The molecule has 0 bridgehead atoms. The summed E-state index contributed by atoms with van der Waals surface area (Å²) in [6, 6.07) is 7.06. The summed E-state index contributed by atoms with van der Waals surface area (Å²) in [4.78, 5) is 6.90. The third kappa shape index (κ3) is 1.81. The van der Waals surface area contributed by atoms with E-state index >= 15 is 0 Å². The van der Waals surface area contributed by atoms with Crippen molar-refractivity contribution >= 4 is 0 Å². The Bertz CT molecular complexity index is 497. The summed E-state index contributed by atoms with van der Waals surface area (Å²) in [5.74, 6) is 0.0444. The zero-order valence-electron chi connectivity index (χ0n) is 7.94. The first kappa shape index (κ1) is 9.28. The van der Waals surface area contributed by atoms with Crippen LogP contribution in [0.2, 0.25) is 0 Å². The second-order valence-electron chi connectivity index (χ2n) is 3.16. The molecule has 0 spiro atoms. The van der Waals surface area contributed by atoms with Gasteiger partial charge in [-0.25, -0.2) is 4.98 Å². The van der Waals surface area contributed by atoms with Crippen molar-refractivity contribution in [2.75, 3.05) is 0 Å². The lowest BCUT2D eigenvalue weighted by molar-refractivity contribution is 0.467. The van der Waals surface area contributed by atoms with Crippen LogP contribution in [-0.4, -0.2) is 15.1 Å². The van der Waals surface area contributed by atoms with Crippen LogP contribution in [0, 0.1) is 11.3 Å². The molecule has 1 aromatic carbocycles. The highest BCUT2D eigenvalue weighted by atomic mass is 16.3. The van der Waals surface area contributed by atoms with Crippen molar-refractivity contribution in [2.24, 2.45) is 0 Å². The van der Waals surface area contributed by atoms with E-state index in [2.05, 4.69) is 9.97 Å². The number of para-hydroxylation sites is 1. The van der Waals surface area contributed by atoms with Gasteiger partial charge in [-0.15, -0.1) is 0 Å². The van der Waals surface area contributed by atoms with Crippen molar-refractivity contribution in [3.63, 3.8) is 0 Å². The number of aromatic amines is 1. The van der Waals surface area contributed by atoms with Crippen LogP contribution in [0.15, 0.2) is 30.7 Å². The number of benzene rings is 1. The third-order valence-corrected chi connectivity index (χ3v) is 2.17. The molecule has 0 aliphatic carbocycles. The van der Waals surface area contributed by atoms with Gasteiger partial charge in [0.2, 0.25) is 0 Å². The number of nitriles is 1. The molecule has 0 fully saturated rings. The van der Waals surface area contributed by atoms with Crippen molar-refractivity contribution in [1.29, 1.82) is 5.26 Å². The summed E-state index contributed by atoms with van der Waals surface area (Å²) >= 11 is 0. The maximum absolute atomic E-state index is 9.73. The van der Waals surface area contributed by atoms with Crippen molar-refractivity contribution < 1.29 is 5.11 Å². The van der Waals surface area contributed by atoms with E-state index in [-0.39, 0.29) is 5.75 Å². The normalized spacial score (nSPS) is 9.80. The molecule has 0 saturated carbocycles. The molecule has 1 heterocycles. The van der Waals surface area contributed by atoms with E-state index < -0.39 is 0 Å². The molecule has 2 rings (SSSR count). The van der Waals surface area contributed by atoms with E-state index in [1.54, 1.807) is 30.7 Å². The fourth-order valence-corrected chi connectivity index (χ4v) is 1.41. The molecule has 0 aliphatic heterocycles. The molecule has 74 valence electrons. The monoisotopic (exact) mass is 199 g/mol. The number of rotatable bonds is 2. The average molecular weight is 199 g/mol. The van der Waals surface area contributed by atoms with Crippen LogP contribution >= 0.6 is 0 Å². The Morgan fingerprint density at radius 3 is 3.00 bits per heavy atom. The predicted molar refractivity (Wildman–Crippen MR) is 54.2 cm³/mol. The molecule has 15 heavy (non-hydrogen) atoms. The van der Waals surface area contributed by atoms with Gasteiger partial charge < -0.3 is 10.1 Å². The average Bonchev–Trinajstić information content (AvgIpc) is 2.74. The Morgan fingerprint density at radius 1 is 1.47 bits per heavy atom. The van der Waals surface area contributed by atoms with E-state index in [9.17, 15) is 5.11 Å². The first-order valence-corrected chi connectivity index (χ1v) is 4.50. The van der Waals surface area contributed by atoms with E-state index in [4.69, 9.17) is 5.26 Å². The topological polar surface area (TPSA) is 72.7 Å². The Kier molecular flexibility index (Phi) is 2.38. The number of hydrogen-bond donors (Lipinski definition) is 2. The van der Waals surface area contributed by atoms with Gasteiger partial charge in [-0.05, 0) is 6.07 Å². The number of aromatic nitrogens is 2. The minimum absolute atomic E-state index is 0.0444. The minimum Gasteiger partial charge on any atom is -0.506 e. The maximum atomic E-state index is 9.73. The van der Waals surface area contributed by atoms with Crippen LogP contribution in [0.4, 0.5) is 0 Å². The van der Waals surface area contributed by atoms with Gasteiger partial charge in [-0.3, -0.25) is 0 Å². The highest BCUT2D eigenvalue weighted by Gasteiger charge is 2.07. The lowest BCUT2D eigenvalue weighted by Gasteiger charge is -2.03. The molecular formula is C11H9N3O. The molecule has 4 nitrogen and oxygen atoms in total. The summed E-state index contributed by atoms with van der Waals surface area (Å²) in [7, 11) is 0. The molecule has 4 heteroatoms. The summed E-state index contributed by atoms with van der Waals surface area (Å²) in [6.07, 6.45) is 3.86. The fourth-order valence-electron chi connectivity index (χ4n) is 1.41. The largest absolute Gasteiger partial charge is 0.506 e. The zero-order chi connectivity index (χ0) is 10.7. The standard InChI is InChI=1S/C11H9N3O/c12-5-9-3-1-2-8(11(9)15)4-10-6-13-7-14-10/h1-3,6-7,15H,4H2,(H,13,14). The fraction of sp³-hybridized carbons (Fsp3) is 0.0909. The molecule has 2 aromatic rings. The predicted octanol–water partition coefficient (Wildman–Crippen LogP) is 1.58. The van der Waals surface area contributed by atoms with Gasteiger partial charge in [0, 0.05) is 18.2 Å². The number of phenols is 1. The van der Waals surface area contributed by atoms with Gasteiger partial charge in [-0.1, -0.05) is 12.1 Å². The molecule has 0 unspecified atom stereocenters. The SMILES string of the molecule is N#Cc1cccc(Cc2c[nH]cn2)c1O. The van der Waals surface area contributed by atoms with Crippen molar-refractivity contribution in [2.45, 2.75) is 6.42 Å². The van der Waals surface area contributed by atoms with Crippen LogP contribution in [0.1, 0.15) is 16.8 Å². The highest BCUT2D eigenvalue weighted by Crippen LogP contribution is 2.23. The molecule has 0 radical (unpaired) electrons. The quantitative estimate of drug-likeness (QED) is 0.771. The van der Waals surface area contributed by atoms with Crippen LogP contribution in [0.3, 0.4) is 0 Å². The lowest BCUT2D eigenvalue weighted by atomic mass is 10.1. The highest BCUT2D eigenvalue weighted by molar-refractivity contribution is 5.48. The molecular weight excluding hydrogens is 190 g/mol. The minimum atomic E-state index is 0.0444. The summed E-state index contributed by atoms with van der Waals surface area (Å²) in [5.41, 5.74) is 1.84. The maximum Gasteiger partial charge on any atom is 0.136 e. The van der Waals surface area contributed by atoms with Gasteiger partial charge >= 0.3 is 0 Å². The van der Waals surface area contributed by atoms with E-state index in [1.807, 2.05) is 6.07 Å². The van der Waals surface area contributed by atoms with E-state index in [0.717, 1.165) is 5.69 Å². The smallest absolute Gasteiger partial charge is 0.136 e. The van der Waals surface area contributed by atoms with Crippen LogP contribution in [0.25, 0.3) is 0 Å². The number of phenolic OH excluding ortho intramolecular Hbond substituents is 1. The molecule has 0 atom stereocenters. The molecule has 1 aromatic heterocycles. The Morgan fingerprint density at radius 2 is 2.33 bits per heavy atom. The van der Waals surface area contributed by atoms with Crippen molar-refractivity contribution in [3.05, 3.63) is 47.5 Å². The van der Waals surface area contributed by atoms with Gasteiger partial charge in [0.1, 0.15) is 11.8 Å². The summed E-state index contributed by atoms with van der Waals surface area (Å²) in [5, 5.41) is 18.5. The molecule has 0 saturated heterocycles. The number of nitrogens with one attached hydrogen (secondary N) is 1. The Labute approximate surface area is 86.8 Å². The third-order valence-electron chi connectivity index (χ3n) is 2.17. The molecule has 2 N–H and O–H groups in total. The number of H-pyrrole nitrogens is 1. The summed E-state index contributed by atoms with van der Waals surface area (Å²) in [6.45, 7) is 0. The number of nitrogens with zero attached hydrogens (tertiary/aromatic N) is 2. The summed E-state index contributed by atoms with van der Waals surface area (Å²) < 4.78 is 0. The van der Waals surface area contributed by atoms with Gasteiger partial charge in [0.15, 0.2) is 0 Å². The first-order chi connectivity index (χ1) is 7.31. The molecule has 0 amide bonds. The van der Waals surface area contributed by atoms with Crippen molar-refractivity contribution in [3.8, 4) is 11.8 Å². The van der Waals surface area contributed by atoms with Gasteiger partial charge in [0.25, 0.3) is 0 Å². The lowest BCUT2D eigenvalue weighted by Crippen LogP contribution is -1.90. The second-order valence-corrected chi connectivity index (χ2v) is 3.16. The van der Waals surface area contributed by atoms with E-state index in [1.165, 1.54) is 0 Å². The number of hydrogen-bond acceptors (Lipinski definition) is 3. The first-order valence-electron chi connectivity index (χ1n) is 4.50. The second kappa shape index (κ2) is 3.84. The van der Waals surface area contributed by atoms with Crippen LogP contribution in [-0.2, 0) is 6.42 Å². The Balaban J connectivity index is 2.34. The van der Waals surface area contributed by atoms with Crippen LogP contribution in [0.5, 0.6) is 5.75 Å². The number of aromatic hydroxyl groups is 1.